The van der Waals surface area contributed by atoms with E-state index < -0.39 is 0 Å². The standard InChI is InChI=1S/C29H41BrN2/c1-2-3-4-5-6-7-8-9-10-11-12-13-14-17-24-32-28-19-16-15-18-27(28)31-29(32)25-20-22-26(30)23-21-25/h15-16,18-23H,2-14,17,24H2,1H3. The summed E-state index contributed by atoms with van der Waals surface area (Å²) < 4.78 is 3.52. The topological polar surface area (TPSA) is 17.8 Å². The molecule has 32 heavy (non-hydrogen) atoms. The number of imidazole rings is 1. The quantitative estimate of drug-likeness (QED) is 0.180. The van der Waals surface area contributed by atoms with E-state index >= 15 is 0 Å². The average molecular weight is 498 g/mol. The lowest BCUT2D eigenvalue weighted by molar-refractivity contribution is 0.526. The molecule has 0 bridgehead atoms. The zero-order valence-corrected chi connectivity index (χ0v) is 21.6. The van der Waals surface area contributed by atoms with Crippen LogP contribution in [0.1, 0.15) is 96.8 Å². The van der Waals surface area contributed by atoms with E-state index in [0.29, 0.717) is 0 Å². The molecule has 3 rings (SSSR count). The maximum atomic E-state index is 4.94. The van der Waals surface area contributed by atoms with E-state index in [-0.39, 0.29) is 0 Å². The van der Waals surface area contributed by atoms with Crippen LogP contribution < -0.4 is 0 Å². The van der Waals surface area contributed by atoms with Gasteiger partial charge in [-0.15, -0.1) is 0 Å². The number of halogens is 1. The summed E-state index contributed by atoms with van der Waals surface area (Å²) in [6, 6.07) is 17.1. The Hall–Kier alpha value is -1.61. The van der Waals surface area contributed by atoms with Crippen LogP contribution in [-0.4, -0.2) is 9.55 Å². The summed E-state index contributed by atoms with van der Waals surface area (Å²) in [7, 11) is 0. The van der Waals surface area contributed by atoms with Gasteiger partial charge in [0.2, 0.25) is 0 Å². The van der Waals surface area contributed by atoms with Crippen molar-refractivity contribution >= 4 is 27.0 Å². The van der Waals surface area contributed by atoms with Gasteiger partial charge in [0.15, 0.2) is 0 Å². The van der Waals surface area contributed by atoms with Gasteiger partial charge in [-0.2, -0.15) is 0 Å². The average Bonchev–Trinajstić information content (AvgIpc) is 3.18. The van der Waals surface area contributed by atoms with E-state index in [4.69, 9.17) is 4.98 Å². The van der Waals surface area contributed by atoms with E-state index in [0.717, 1.165) is 22.4 Å². The first-order valence-corrected chi connectivity index (χ1v) is 13.8. The van der Waals surface area contributed by atoms with E-state index in [1.54, 1.807) is 0 Å². The largest absolute Gasteiger partial charge is 0.324 e. The third kappa shape index (κ3) is 8.06. The highest BCUT2D eigenvalue weighted by Crippen LogP contribution is 2.27. The van der Waals surface area contributed by atoms with Crippen LogP contribution in [0.4, 0.5) is 0 Å². The number of aromatic nitrogens is 2. The predicted molar refractivity (Wildman–Crippen MR) is 143 cm³/mol. The van der Waals surface area contributed by atoms with Crippen molar-refractivity contribution in [3.8, 4) is 11.4 Å². The van der Waals surface area contributed by atoms with Gasteiger partial charge in [-0.1, -0.05) is 131 Å². The highest BCUT2D eigenvalue weighted by atomic mass is 79.9. The van der Waals surface area contributed by atoms with Crippen LogP contribution in [-0.2, 0) is 6.54 Å². The fourth-order valence-electron chi connectivity index (χ4n) is 4.59. The van der Waals surface area contributed by atoms with Crippen LogP contribution in [0.25, 0.3) is 22.4 Å². The first kappa shape index (κ1) is 25.0. The summed E-state index contributed by atoms with van der Waals surface area (Å²) in [5, 5.41) is 0. The van der Waals surface area contributed by atoms with Gasteiger partial charge < -0.3 is 4.57 Å². The number of fused-ring (bicyclic) bond motifs is 1. The number of para-hydroxylation sites is 2. The second-order valence-corrected chi connectivity index (χ2v) is 10.1. The first-order chi connectivity index (χ1) is 15.8. The Kier molecular flexibility index (Phi) is 11.4. The van der Waals surface area contributed by atoms with Gasteiger partial charge in [0.1, 0.15) is 5.82 Å². The molecule has 0 aliphatic rings. The molecule has 1 heterocycles. The smallest absolute Gasteiger partial charge is 0.141 e. The number of hydrogen-bond acceptors (Lipinski definition) is 1. The molecule has 0 unspecified atom stereocenters. The normalized spacial score (nSPS) is 11.4. The van der Waals surface area contributed by atoms with Crippen LogP contribution in [0.2, 0.25) is 0 Å². The van der Waals surface area contributed by atoms with Crippen molar-refractivity contribution in [1.29, 1.82) is 0 Å². The van der Waals surface area contributed by atoms with Gasteiger partial charge in [-0.25, -0.2) is 4.98 Å². The van der Waals surface area contributed by atoms with Gasteiger partial charge in [0.25, 0.3) is 0 Å². The van der Waals surface area contributed by atoms with Crippen LogP contribution in [0.5, 0.6) is 0 Å². The van der Waals surface area contributed by atoms with Gasteiger partial charge >= 0.3 is 0 Å². The number of hydrogen-bond donors (Lipinski definition) is 0. The predicted octanol–water partition coefficient (Wildman–Crippen LogP) is 9.95. The third-order valence-electron chi connectivity index (χ3n) is 6.49. The summed E-state index contributed by atoms with van der Waals surface area (Å²) in [6.07, 6.45) is 19.6. The number of unbranched alkanes of at least 4 members (excludes halogenated alkanes) is 13. The SMILES string of the molecule is CCCCCCCCCCCCCCCCn1c(-c2ccc(Br)cc2)nc2ccccc21. The van der Waals surface area contributed by atoms with Crippen molar-refractivity contribution in [3.63, 3.8) is 0 Å². The molecular weight excluding hydrogens is 456 g/mol. The van der Waals surface area contributed by atoms with Gasteiger partial charge in [-0.3, -0.25) is 0 Å². The molecule has 0 spiro atoms. The van der Waals surface area contributed by atoms with E-state index in [1.165, 1.54) is 101 Å². The van der Waals surface area contributed by atoms with Crippen molar-refractivity contribution in [3.05, 3.63) is 53.0 Å². The second-order valence-electron chi connectivity index (χ2n) is 9.18. The second kappa shape index (κ2) is 14.5. The fourth-order valence-corrected chi connectivity index (χ4v) is 4.85. The molecule has 0 saturated heterocycles. The molecule has 0 aliphatic heterocycles. The third-order valence-corrected chi connectivity index (χ3v) is 7.02. The van der Waals surface area contributed by atoms with E-state index in [2.05, 4.69) is 76.0 Å². The summed E-state index contributed by atoms with van der Waals surface area (Å²) in [4.78, 5) is 4.94. The lowest BCUT2D eigenvalue weighted by Gasteiger charge is -2.10. The highest BCUT2D eigenvalue weighted by molar-refractivity contribution is 9.10. The minimum atomic E-state index is 1.05. The molecule has 0 fully saturated rings. The van der Waals surface area contributed by atoms with Crippen LogP contribution in [0.3, 0.4) is 0 Å². The van der Waals surface area contributed by atoms with Gasteiger partial charge in [0, 0.05) is 16.6 Å². The van der Waals surface area contributed by atoms with Gasteiger partial charge in [0.05, 0.1) is 11.0 Å². The molecule has 0 N–H and O–H groups in total. The molecule has 3 aromatic rings. The summed E-state index contributed by atoms with van der Waals surface area (Å²) >= 11 is 3.54. The zero-order chi connectivity index (χ0) is 22.4. The van der Waals surface area contributed by atoms with E-state index in [1.807, 2.05) is 0 Å². The van der Waals surface area contributed by atoms with Crippen molar-refractivity contribution < 1.29 is 0 Å². The zero-order valence-electron chi connectivity index (χ0n) is 20.0. The molecule has 0 aliphatic carbocycles. The van der Waals surface area contributed by atoms with Crippen molar-refractivity contribution in [2.24, 2.45) is 0 Å². The van der Waals surface area contributed by atoms with E-state index in [9.17, 15) is 0 Å². The fraction of sp³-hybridized carbons (Fsp3) is 0.552. The Bertz CT molecular complexity index is 897. The van der Waals surface area contributed by atoms with Crippen LogP contribution in [0, 0.1) is 0 Å². The number of aryl methyl sites for hydroxylation is 1. The molecule has 174 valence electrons. The number of rotatable bonds is 16. The molecule has 0 amide bonds. The summed E-state index contributed by atoms with van der Waals surface area (Å²) in [5.41, 5.74) is 3.53. The van der Waals surface area contributed by atoms with Crippen LogP contribution >= 0.6 is 15.9 Å². The van der Waals surface area contributed by atoms with Crippen molar-refractivity contribution in [2.45, 2.75) is 103 Å². The molecule has 2 aromatic carbocycles. The van der Waals surface area contributed by atoms with Crippen LogP contribution in [0.15, 0.2) is 53.0 Å². The lowest BCUT2D eigenvalue weighted by Crippen LogP contribution is -2.01. The summed E-state index contributed by atoms with van der Waals surface area (Å²) in [6.45, 7) is 3.34. The monoisotopic (exact) mass is 496 g/mol. The Morgan fingerprint density at radius 2 is 1.19 bits per heavy atom. The van der Waals surface area contributed by atoms with Crippen molar-refractivity contribution in [1.82, 2.24) is 9.55 Å². The molecule has 1 aromatic heterocycles. The molecule has 0 atom stereocenters. The molecular formula is C29H41BrN2. The molecule has 0 radical (unpaired) electrons. The molecule has 3 heteroatoms. The summed E-state index contributed by atoms with van der Waals surface area (Å²) in [5.74, 6) is 1.09. The Morgan fingerprint density at radius 3 is 1.78 bits per heavy atom. The lowest BCUT2D eigenvalue weighted by atomic mass is 10.0. The first-order valence-electron chi connectivity index (χ1n) is 13.0. The minimum absolute atomic E-state index is 1.05. The van der Waals surface area contributed by atoms with Gasteiger partial charge in [-0.05, 0) is 30.7 Å². The molecule has 2 nitrogen and oxygen atoms in total. The molecule has 0 saturated carbocycles. The number of benzene rings is 2. The maximum absolute atomic E-state index is 4.94. The Labute approximate surface area is 204 Å². The Morgan fingerprint density at radius 1 is 0.656 bits per heavy atom. The maximum Gasteiger partial charge on any atom is 0.141 e. The number of nitrogens with zero attached hydrogens (tertiary/aromatic N) is 2. The minimum Gasteiger partial charge on any atom is -0.324 e. The Balaban J connectivity index is 1.35. The highest BCUT2D eigenvalue weighted by Gasteiger charge is 2.12. The van der Waals surface area contributed by atoms with Crippen molar-refractivity contribution in [2.75, 3.05) is 0 Å².